The predicted octanol–water partition coefficient (Wildman–Crippen LogP) is 2.55. The third kappa shape index (κ3) is 3.20. The van der Waals surface area contributed by atoms with Crippen molar-refractivity contribution < 1.29 is 14.4 Å². The summed E-state index contributed by atoms with van der Waals surface area (Å²) in [5.74, 6) is -1.42. The first-order valence-corrected chi connectivity index (χ1v) is 8.88. The van der Waals surface area contributed by atoms with Gasteiger partial charge in [0.25, 0.3) is 11.8 Å². The number of carbonyl (C=O) groups excluding carboxylic acids is 3. The van der Waals surface area contributed by atoms with Crippen LogP contribution in [0.5, 0.6) is 0 Å². The van der Waals surface area contributed by atoms with Gasteiger partial charge >= 0.3 is 6.03 Å². The third-order valence-corrected chi connectivity index (χ3v) is 4.70. The molecule has 1 saturated heterocycles. The van der Waals surface area contributed by atoms with Gasteiger partial charge in [0.2, 0.25) is 0 Å². The van der Waals surface area contributed by atoms with Crippen LogP contribution in [-0.4, -0.2) is 32.4 Å². The van der Waals surface area contributed by atoms with E-state index in [9.17, 15) is 14.4 Å². The highest BCUT2D eigenvalue weighted by molar-refractivity contribution is 6.39. The Morgan fingerprint density at radius 3 is 2.41 bits per heavy atom. The van der Waals surface area contributed by atoms with Crippen LogP contribution in [0, 0.1) is 13.8 Å². The summed E-state index contributed by atoms with van der Waals surface area (Å²) in [6.45, 7) is 3.83. The summed E-state index contributed by atoms with van der Waals surface area (Å²) in [5.41, 5.74) is 3.58. The predicted molar refractivity (Wildman–Crippen MR) is 106 cm³/mol. The molecular formula is C21H17N5O3. The number of pyridine rings is 2. The Labute approximate surface area is 166 Å². The molecule has 0 unspecified atom stereocenters. The van der Waals surface area contributed by atoms with Crippen LogP contribution in [0.1, 0.15) is 17.0 Å². The number of imide groups is 2. The lowest BCUT2D eigenvalue weighted by molar-refractivity contribution is -0.122. The van der Waals surface area contributed by atoms with E-state index in [-0.39, 0.29) is 11.3 Å². The Balaban J connectivity index is 1.77. The zero-order chi connectivity index (χ0) is 20.5. The lowest BCUT2D eigenvalue weighted by Crippen LogP contribution is -2.54. The standard InChI is InChI=1S/C21H17N5O3/c1-13-10-15(14(2)25(13)16-5-8-22-9-6-16)11-18-19(27)24-21(29)26(20(18)28)17-4-3-7-23-12-17/h3-12H,1-2H3,(H,24,27,29)/b18-11+. The van der Waals surface area contributed by atoms with E-state index in [2.05, 4.69) is 15.3 Å². The van der Waals surface area contributed by atoms with Crippen LogP contribution in [0.25, 0.3) is 11.8 Å². The van der Waals surface area contributed by atoms with E-state index >= 15 is 0 Å². The molecule has 8 heteroatoms. The van der Waals surface area contributed by atoms with E-state index in [1.165, 1.54) is 18.5 Å². The largest absolute Gasteiger partial charge is 0.336 e. The van der Waals surface area contributed by atoms with Crippen LogP contribution in [-0.2, 0) is 9.59 Å². The van der Waals surface area contributed by atoms with Gasteiger partial charge in [-0.25, -0.2) is 9.69 Å². The van der Waals surface area contributed by atoms with Crippen molar-refractivity contribution in [1.82, 2.24) is 19.9 Å². The molecule has 0 spiro atoms. The average Bonchev–Trinajstić information content (AvgIpc) is 2.99. The summed E-state index contributed by atoms with van der Waals surface area (Å²) in [4.78, 5) is 46.4. The number of carbonyl (C=O) groups is 3. The fourth-order valence-electron chi connectivity index (χ4n) is 3.36. The topological polar surface area (TPSA) is 97.2 Å². The Hall–Kier alpha value is -4.07. The average molecular weight is 387 g/mol. The van der Waals surface area contributed by atoms with Gasteiger partial charge in [-0.2, -0.15) is 0 Å². The smallest absolute Gasteiger partial charge is 0.318 e. The number of amides is 4. The number of hydrogen-bond donors (Lipinski definition) is 1. The van der Waals surface area contributed by atoms with Crippen molar-refractivity contribution >= 4 is 29.6 Å². The number of rotatable bonds is 3. The maximum atomic E-state index is 13.0. The number of nitrogens with zero attached hydrogens (tertiary/aromatic N) is 4. The molecule has 3 aromatic rings. The Bertz CT molecular complexity index is 1150. The molecule has 29 heavy (non-hydrogen) atoms. The van der Waals surface area contributed by atoms with Crippen LogP contribution in [0.2, 0.25) is 0 Å². The molecule has 144 valence electrons. The van der Waals surface area contributed by atoms with Crippen molar-refractivity contribution in [2.75, 3.05) is 4.90 Å². The van der Waals surface area contributed by atoms with E-state index in [0.29, 0.717) is 5.56 Å². The second-order valence-corrected chi connectivity index (χ2v) is 6.54. The lowest BCUT2D eigenvalue weighted by atomic mass is 10.1. The number of nitrogens with one attached hydrogen (secondary N) is 1. The molecule has 0 aromatic carbocycles. The molecule has 8 nitrogen and oxygen atoms in total. The van der Waals surface area contributed by atoms with Crippen molar-refractivity contribution in [3.63, 3.8) is 0 Å². The van der Waals surface area contributed by atoms with Gasteiger partial charge in [0.05, 0.1) is 11.9 Å². The Morgan fingerprint density at radius 1 is 0.966 bits per heavy atom. The molecule has 1 aliphatic heterocycles. The molecule has 4 rings (SSSR count). The van der Waals surface area contributed by atoms with Gasteiger partial charge in [-0.05, 0) is 55.8 Å². The summed E-state index contributed by atoms with van der Waals surface area (Å²) >= 11 is 0. The molecule has 1 aliphatic rings. The van der Waals surface area contributed by atoms with Gasteiger partial charge in [0.1, 0.15) is 5.57 Å². The van der Waals surface area contributed by atoms with Gasteiger partial charge in [0, 0.05) is 35.7 Å². The monoisotopic (exact) mass is 387 g/mol. The fourth-order valence-corrected chi connectivity index (χ4v) is 3.36. The molecule has 0 saturated carbocycles. The second kappa shape index (κ2) is 7.16. The Kier molecular flexibility index (Phi) is 4.52. The molecule has 0 aliphatic carbocycles. The number of aromatic nitrogens is 3. The van der Waals surface area contributed by atoms with Crippen LogP contribution in [0.15, 0.2) is 60.7 Å². The van der Waals surface area contributed by atoms with Gasteiger partial charge in [-0.1, -0.05) is 0 Å². The molecule has 0 bridgehead atoms. The fraction of sp³-hybridized carbons (Fsp3) is 0.0952. The number of hydrogen-bond acceptors (Lipinski definition) is 5. The molecule has 3 aromatic heterocycles. The molecule has 4 amide bonds. The minimum Gasteiger partial charge on any atom is -0.318 e. The Morgan fingerprint density at radius 2 is 1.72 bits per heavy atom. The summed E-state index contributed by atoms with van der Waals surface area (Å²) in [7, 11) is 0. The van der Waals surface area contributed by atoms with E-state index < -0.39 is 17.8 Å². The van der Waals surface area contributed by atoms with Crippen LogP contribution in [0.4, 0.5) is 10.5 Å². The first-order valence-electron chi connectivity index (χ1n) is 8.88. The van der Waals surface area contributed by atoms with Gasteiger partial charge in [-0.15, -0.1) is 0 Å². The van der Waals surface area contributed by atoms with E-state index in [1.54, 1.807) is 24.5 Å². The van der Waals surface area contributed by atoms with Crippen molar-refractivity contribution in [3.05, 3.63) is 77.6 Å². The van der Waals surface area contributed by atoms with Crippen molar-refractivity contribution in [3.8, 4) is 5.69 Å². The SMILES string of the molecule is Cc1cc(/C=C2\C(=O)NC(=O)N(c3cccnc3)C2=O)c(C)n1-c1ccncc1. The zero-order valence-electron chi connectivity index (χ0n) is 15.8. The molecule has 1 N–H and O–H groups in total. The minimum absolute atomic E-state index is 0.122. The second-order valence-electron chi connectivity index (χ2n) is 6.54. The summed E-state index contributed by atoms with van der Waals surface area (Å²) in [6, 6.07) is 8.02. The number of urea groups is 1. The van der Waals surface area contributed by atoms with Crippen molar-refractivity contribution in [1.29, 1.82) is 0 Å². The number of aryl methyl sites for hydroxylation is 1. The van der Waals surface area contributed by atoms with Gasteiger partial charge in [0.15, 0.2) is 0 Å². The highest BCUT2D eigenvalue weighted by Gasteiger charge is 2.37. The molecule has 4 heterocycles. The van der Waals surface area contributed by atoms with Gasteiger partial charge in [-0.3, -0.25) is 24.9 Å². The maximum absolute atomic E-state index is 13.0. The van der Waals surface area contributed by atoms with E-state index in [0.717, 1.165) is 22.0 Å². The number of barbiturate groups is 1. The minimum atomic E-state index is -0.799. The summed E-state index contributed by atoms with van der Waals surface area (Å²) in [6.07, 6.45) is 7.82. The van der Waals surface area contributed by atoms with E-state index in [4.69, 9.17) is 0 Å². The van der Waals surface area contributed by atoms with Crippen molar-refractivity contribution in [2.24, 2.45) is 0 Å². The number of anilines is 1. The molecular weight excluding hydrogens is 370 g/mol. The summed E-state index contributed by atoms with van der Waals surface area (Å²) in [5, 5.41) is 2.22. The van der Waals surface area contributed by atoms with Gasteiger partial charge < -0.3 is 4.57 Å². The normalized spacial score (nSPS) is 15.7. The van der Waals surface area contributed by atoms with E-state index in [1.807, 2.05) is 36.6 Å². The lowest BCUT2D eigenvalue weighted by Gasteiger charge is -2.26. The third-order valence-electron chi connectivity index (χ3n) is 4.70. The maximum Gasteiger partial charge on any atom is 0.336 e. The highest BCUT2D eigenvalue weighted by atomic mass is 16.2. The molecule has 1 fully saturated rings. The molecule has 0 atom stereocenters. The summed E-state index contributed by atoms with van der Waals surface area (Å²) < 4.78 is 2.00. The highest BCUT2D eigenvalue weighted by Crippen LogP contribution is 2.25. The van der Waals surface area contributed by atoms with Crippen LogP contribution < -0.4 is 10.2 Å². The first kappa shape index (κ1) is 18.3. The van der Waals surface area contributed by atoms with Crippen LogP contribution in [0.3, 0.4) is 0 Å². The zero-order valence-corrected chi connectivity index (χ0v) is 15.8. The quantitative estimate of drug-likeness (QED) is 0.550. The van der Waals surface area contributed by atoms with Crippen molar-refractivity contribution in [2.45, 2.75) is 13.8 Å². The van der Waals surface area contributed by atoms with Crippen LogP contribution >= 0.6 is 0 Å². The first-order chi connectivity index (χ1) is 14.0. The molecule has 0 radical (unpaired) electrons.